The number of nitrogens with two attached hydrogens (primary N) is 1. The molecule has 3 nitrogen and oxygen atoms in total. The molecular formula is C22H45ClN2O. The summed E-state index contributed by atoms with van der Waals surface area (Å²) in [6.07, 6.45) is 24.3. The fraction of sp³-hybridized carbons (Fsp3) is 0.909. The maximum absolute atomic E-state index is 5.77. The molecule has 0 spiro atoms. The molecule has 0 rings (SSSR count). The summed E-state index contributed by atoms with van der Waals surface area (Å²) in [5.74, 6) is 5.40. The van der Waals surface area contributed by atoms with Crippen molar-refractivity contribution in [2.45, 2.75) is 109 Å². The Bertz CT molecular complexity index is 300. The molecule has 1 atom stereocenters. The molecule has 0 saturated carbocycles. The minimum Gasteiger partial charge on any atom is -0.301 e. The molecule has 0 heterocycles. The lowest BCUT2D eigenvalue weighted by Crippen LogP contribution is -2.25. The van der Waals surface area contributed by atoms with Gasteiger partial charge in [-0.05, 0) is 45.6 Å². The quantitative estimate of drug-likeness (QED) is 0.0818. The van der Waals surface area contributed by atoms with Crippen molar-refractivity contribution in [3.63, 3.8) is 0 Å². The molecule has 4 heteroatoms. The summed E-state index contributed by atoms with van der Waals surface area (Å²) in [6.45, 7) is 3.22. The molecular weight excluding hydrogens is 344 g/mol. The van der Waals surface area contributed by atoms with Crippen LogP contribution in [-0.2, 0) is 4.84 Å². The molecule has 0 aliphatic rings. The summed E-state index contributed by atoms with van der Waals surface area (Å²) >= 11 is 5.77. The Morgan fingerprint density at radius 3 is 1.92 bits per heavy atom. The van der Waals surface area contributed by atoms with Crippen LogP contribution in [0.5, 0.6) is 0 Å². The van der Waals surface area contributed by atoms with Crippen molar-refractivity contribution in [1.82, 2.24) is 4.90 Å². The molecule has 0 aromatic rings. The molecule has 0 amide bonds. The molecule has 0 aromatic heterocycles. The van der Waals surface area contributed by atoms with Gasteiger partial charge in [-0.3, -0.25) is 4.90 Å². The summed E-state index contributed by atoms with van der Waals surface area (Å²) in [5.41, 5.74) is 0. The van der Waals surface area contributed by atoms with Crippen LogP contribution in [0.25, 0.3) is 0 Å². The van der Waals surface area contributed by atoms with Gasteiger partial charge < -0.3 is 4.84 Å². The van der Waals surface area contributed by atoms with Gasteiger partial charge in [0.2, 0.25) is 0 Å². The maximum atomic E-state index is 5.77. The molecule has 0 bridgehead atoms. The normalized spacial score (nSPS) is 13.1. The Kier molecular flexibility index (Phi) is 21.1. The van der Waals surface area contributed by atoms with E-state index < -0.39 is 0 Å². The predicted octanol–water partition coefficient (Wildman–Crippen LogP) is 6.80. The molecule has 0 saturated heterocycles. The third-order valence-electron chi connectivity index (χ3n) is 5.02. The second-order valence-corrected chi connectivity index (χ2v) is 7.86. The van der Waals surface area contributed by atoms with Crippen molar-refractivity contribution in [2.24, 2.45) is 5.90 Å². The van der Waals surface area contributed by atoms with Crippen LogP contribution in [0.2, 0.25) is 0 Å². The van der Waals surface area contributed by atoms with E-state index in [9.17, 15) is 0 Å². The van der Waals surface area contributed by atoms with E-state index in [1.807, 2.05) is 7.05 Å². The Labute approximate surface area is 168 Å². The second-order valence-electron chi connectivity index (χ2n) is 7.62. The maximum Gasteiger partial charge on any atom is 0.0799 e. The van der Waals surface area contributed by atoms with Gasteiger partial charge in [0.15, 0.2) is 0 Å². The SMILES string of the molecule is CCCCCCCC/C=C/CCCCCCCC(CCN(C)CCl)ON. The highest BCUT2D eigenvalue weighted by atomic mass is 35.5. The zero-order valence-corrected chi connectivity index (χ0v) is 18.3. The molecule has 0 aromatic carbocycles. The number of nitrogens with zero attached hydrogens (tertiary/aromatic N) is 1. The van der Waals surface area contributed by atoms with Crippen molar-refractivity contribution in [3.05, 3.63) is 12.2 Å². The standard InChI is InChI=1S/C22H45ClN2O/c1-3-4-5-6-7-8-9-10-11-12-13-14-15-16-17-18-22(26-24)19-20-25(2)21-23/h10-11,22H,3-9,12-21,24H2,1-2H3/b11-10+. The number of hydrogen-bond acceptors (Lipinski definition) is 3. The molecule has 156 valence electrons. The summed E-state index contributed by atoms with van der Waals surface area (Å²) < 4.78 is 0. The number of alkyl halides is 1. The summed E-state index contributed by atoms with van der Waals surface area (Å²) in [7, 11) is 2.02. The van der Waals surface area contributed by atoms with E-state index in [4.69, 9.17) is 22.3 Å². The van der Waals surface area contributed by atoms with E-state index >= 15 is 0 Å². The number of allylic oxidation sites excluding steroid dienone is 2. The van der Waals surface area contributed by atoms with Crippen LogP contribution in [0.3, 0.4) is 0 Å². The van der Waals surface area contributed by atoms with Crippen molar-refractivity contribution in [3.8, 4) is 0 Å². The van der Waals surface area contributed by atoms with Crippen molar-refractivity contribution < 1.29 is 4.84 Å². The number of rotatable bonds is 20. The summed E-state index contributed by atoms with van der Waals surface area (Å²) in [4.78, 5) is 7.16. The van der Waals surface area contributed by atoms with E-state index in [0.717, 1.165) is 19.4 Å². The van der Waals surface area contributed by atoms with Crippen LogP contribution in [0.4, 0.5) is 0 Å². The van der Waals surface area contributed by atoms with Gasteiger partial charge in [0.1, 0.15) is 0 Å². The summed E-state index contributed by atoms with van der Waals surface area (Å²) in [6, 6.07) is 0.560. The fourth-order valence-electron chi connectivity index (χ4n) is 3.15. The monoisotopic (exact) mass is 388 g/mol. The van der Waals surface area contributed by atoms with Gasteiger partial charge in [-0.1, -0.05) is 76.9 Å². The van der Waals surface area contributed by atoms with Crippen molar-refractivity contribution >= 4 is 11.6 Å². The van der Waals surface area contributed by atoms with E-state index in [2.05, 4.69) is 24.0 Å². The molecule has 26 heavy (non-hydrogen) atoms. The highest BCUT2D eigenvalue weighted by Crippen LogP contribution is 2.13. The van der Waals surface area contributed by atoms with Crippen LogP contribution >= 0.6 is 11.6 Å². The zero-order chi connectivity index (χ0) is 19.3. The van der Waals surface area contributed by atoms with E-state index in [1.165, 1.54) is 83.5 Å². The van der Waals surface area contributed by atoms with E-state index in [0.29, 0.717) is 6.00 Å². The molecule has 0 fully saturated rings. The molecule has 0 aliphatic carbocycles. The number of hydrogen-bond donors (Lipinski definition) is 1. The fourth-order valence-corrected chi connectivity index (χ4v) is 3.27. The first kappa shape index (κ1) is 25.9. The zero-order valence-electron chi connectivity index (χ0n) is 17.6. The van der Waals surface area contributed by atoms with Crippen LogP contribution in [0.15, 0.2) is 12.2 Å². The van der Waals surface area contributed by atoms with Gasteiger partial charge in [-0.15, -0.1) is 11.6 Å². The number of unbranched alkanes of at least 4 members (excludes halogenated alkanes) is 11. The van der Waals surface area contributed by atoms with Crippen molar-refractivity contribution in [2.75, 3.05) is 19.6 Å². The van der Waals surface area contributed by atoms with Gasteiger partial charge >= 0.3 is 0 Å². The van der Waals surface area contributed by atoms with Gasteiger partial charge in [-0.2, -0.15) is 0 Å². The van der Waals surface area contributed by atoms with Crippen LogP contribution in [-0.4, -0.2) is 30.6 Å². The largest absolute Gasteiger partial charge is 0.301 e. The minimum absolute atomic E-state index is 0.172. The van der Waals surface area contributed by atoms with Crippen LogP contribution in [0.1, 0.15) is 103 Å². The lowest BCUT2D eigenvalue weighted by Gasteiger charge is -2.18. The van der Waals surface area contributed by atoms with Gasteiger partial charge in [-0.25, -0.2) is 5.90 Å². The summed E-state index contributed by atoms with van der Waals surface area (Å²) in [5, 5.41) is 0. The number of halogens is 1. The van der Waals surface area contributed by atoms with Crippen LogP contribution < -0.4 is 5.90 Å². The van der Waals surface area contributed by atoms with Gasteiger partial charge in [0.05, 0.1) is 12.1 Å². The molecule has 0 radical (unpaired) electrons. The lowest BCUT2D eigenvalue weighted by atomic mass is 10.0. The predicted molar refractivity (Wildman–Crippen MR) is 116 cm³/mol. The van der Waals surface area contributed by atoms with Crippen LogP contribution in [0, 0.1) is 0 Å². The van der Waals surface area contributed by atoms with E-state index in [-0.39, 0.29) is 6.10 Å². The molecule has 1 unspecified atom stereocenters. The first-order chi connectivity index (χ1) is 12.7. The second kappa shape index (κ2) is 21.2. The van der Waals surface area contributed by atoms with E-state index in [1.54, 1.807) is 0 Å². The Morgan fingerprint density at radius 2 is 1.38 bits per heavy atom. The third kappa shape index (κ3) is 18.7. The van der Waals surface area contributed by atoms with Gasteiger partial charge in [0, 0.05) is 6.54 Å². The smallest absolute Gasteiger partial charge is 0.0799 e. The Balaban J connectivity index is 3.32. The first-order valence-corrected chi connectivity index (χ1v) is 11.5. The molecule has 2 N–H and O–H groups in total. The highest BCUT2D eigenvalue weighted by molar-refractivity contribution is 6.17. The van der Waals surface area contributed by atoms with Gasteiger partial charge in [0.25, 0.3) is 0 Å². The lowest BCUT2D eigenvalue weighted by molar-refractivity contribution is 0.0347. The Morgan fingerprint density at radius 1 is 0.846 bits per heavy atom. The minimum atomic E-state index is 0.172. The molecule has 0 aliphatic heterocycles. The highest BCUT2D eigenvalue weighted by Gasteiger charge is 2.09. The Hall–Kier alpha value is -0.0900. The topological polar surface area (TPSA) is 38.5 Å². The average molecular weight is 389 g/mol. The third-order valence-corrected chi connectivity index (χ3v) is 5.43. The average Bonchev–Trinajstić information content (AvgIpc) is 2.66. The van der Waals surface area contributed by atoms with Crippen molar-refractivity contribution in [1.29, 1.82) is 0 Å². The first-order valence-electron chi connectivity index (χ1n) is 11.0.